The van der Waals surface area contributed by atoms with E-state index in [4.69, 9.17) is 5.73 Å². The number of fused-ring (bicyclic) bond motifs is 1. The van der Waals surface area contributed by atoms with Gasteiger partial charge in [0.1, 0.15) is 0 Å². The van der Waals surface area contributed by atoms with E-state index in [2.05, 4.69) is 27.2 Å². The molecular weight excluding hydrogens is 475 g/mol. The molecule has 8 heteroatoms. The summed E-state index contributed by atoms with van der Waals surface area (Å²) in [6.07, 6.45) is 3.41. The van der Waals surface area contributed by atoms with Crippen molar-refractivity contribution in [1.29, 1.82) is 0 Å². The number of benzene rings is 2. The van der Waals surface area contributed by atoms with Crippen LogP contribution in [0.4, 0.5) is 5.69 Å². The number of aliphatic imine (C=N–C) groups is 1. The monoisotopic (exact) mass is 500 g/mol. The molecule has 0 aliphatic heterocycles. The second kappa shape index (κ2) is 10.0. The van der Waals surface area contributed by atoms with Gasteiger partial charge in [-0.05, 0) is 48.1 Å². The van der Waals surface area contributed by atoms with Gasteiger partial charge < -0.3 is 11.1 Å². The number of aryl methyl sites for hydroxylation is 2. The lowest BCUT2D eigenvalue weighted by atomic mass is 10.1. The molecule has 0 unspecified atom stereocenters. The smallest absolute Gasteiger partial charge is 0.213 e. The van der Waals surface area contributed by atoms with Gasteiger partial charge in [-0.1, -0.05) is 36.4 Å². The Balaban J connectivity index is 0.00000261. The quantitative estimate of drug-likeness (QED) is 0.310. The van der Waals surface area contributed by atoms with Crippen LogP contribution < -0.4 is 15.8 Å². The minimum atomic E-state index is -3.40. The molecule has 0 amide bonds. The van der Waals surface area contributed by atoms with E-state index in [1.54, 1.807) is 0 Å². The van der Waals surface area contributed by atoms with Gasteiger partial charge >= 0.3 is 0 Å². The summed E-state index contributed by atoms with van der Waals surface area (Å²) in [5, 5.41) is 3.03. The van der Waals surface area contributed by atoms with Crippen molar-refractivity contribution < 1.29 is 8.42 Å². The normalized spacial score (nSPS) is 13.7. The standard InChI is InChI=1S/C19H24N4O2S.HI/c20-19(23-18-10-9-16-7-4-8-17(16)13-18)21-11-12-26(24,25)22-14-15-5-2-1-3-6-15;/h1-3,5-6,9-10,13,22H,4,7-8,11-12,14H2,(H3,20,21,23);1H. The van der Waals surface area contributed by atoms with Crippen molar-refractivity contribution in [2.75, 3.05) is 17.6 Å². The van der Waals surface area contributed by atoms with Crippen LogP contribution in [0.25, 0.3) is 0 Å². The Bertz CT molecular complexity index is 886. The highest BCUT2D eigenvalue weighted by atomic mass is 127. The second-order valence-corrected chi connectivity index (χ2v) is 8.28. The van der Waals surface area contributed by atoms with Crippen LogP contribution >= 0.6 is 24.0 Å². The summed E-state index contributed by atoms with van der Waals surface area (Å²) in [7, 11) is -3.40. The number of rotatable bonds is 7. The molecule has 0 saturated heterocycles. The van der Waals surface area contributed by atoms with Crippen LogP contribution in [-0.4, -0.2) is 26.7 Å². The number of hydrogen-bond donors (Lipinski definition) is 3. The number of nitrogens with one attached hydrogen (secondary N) is 2. The molecule has 1 aliphatic carbocycles. The fraction of sp³-hybridized carbons (Fsp3) is 0.316. The van der Waals surface area contributed by atoms with Gasteiger partial charge in [-0.15, -0.1) is 24.0 Å². The molecule has 0 heterocycles. The van der Waals surface area contributed by atoms with E-state index in [0.29, 0.717) is 0 Å². The maximum absolute atomic E-state index is 12.0. The van der Waals surface area contributed by atoms with Crippen LogP contribution in [0.3, 0.4) is 0 Å². The SMILES string of the molecule is I.NC(=NCCS(=O)(=O)NCc1ccccc1)Nc1ccc2c(c1)CCC2. The topological polar surface area (TPSA) is 96.6 Å². The Morgan fingerprint density at radius 2 is 1.81 bits per heavy atom. The summed E-state index contributed by atoms with van der Waals surface area (Å²) in [5.41, 5.74) is 10.4. The molecule has 1 aliphatic rings. The van der Waals surface area contributed by atoms with Crippen molar-refractivity contribution in [2.45, 2.75) is 25.8 Å². The maximum Gasteiger partial charge on any atom is 0.213 e. The van der Waals surface area contributed by atoms with Crippen molar-refractivity contribution in [1.82, 2.24) is 4.72 Å². The van der Waals surface area contributed by atoms with Gasteiger partial charge in [0.25, 0.3) is 0 Å². The highest BCUT2D eigenvalue weighted by Gasteiger charge is 2.11. The Labute approximate surface area is 177 Å². The van der Waals surface area contributed by atoms with Crippen molar-refractivity contribution >= 4 is 45.6 Å². The predicted molar refractivity (Wildman–Crippen MR) is 121 cm³/mol. The van der Waals surface area contributed by atoms with E-state index in [0.717, 1.165) is 24.1 Å². The van der Waals surface area contributed by atoms with Gasteiger partial charge in [0.15, 0.2) is 5.96 Å². The molecular formula is C19H25IN4O2S. The van der Waals surface area contributed by atoms with Crippen molar-refractivity contribution in [2.24, 2.45) is 10.7 Å². The molecule has 27 heavy (non-hydrogen) atoms. The average Bonchev–Trinajstić information content (AvgIpc) is 3.08. The molecule has 2 aromatic carbocycles. The van der Waals surface area contributed by atoms with Gasteiger partial charge in [-0.3, -0.25) is 4.99 Å². The van der Waals surface area contributed by atoms with Crippen LogP contribution in [0, 0.1) is 0 Å². The first-order chi connectivity index (χ1) is 12.5. The number of nitrogens with two attached hydrogens (primary N) is 1. The largest absolute Gasteiger partial charge is 0.370 e. The van der Waals surface area contributed by atoms with Gasteiger partial charge in [0, 0.05) is 12.2 Å². The molecule has 4 N–H and O–H groups in total. The highest BCUT2D eigenvalue weighted by molar-refractivity contribution is 14.0. The molecule has 0 spiro atoms. The number of guanidine groups is 1. The molecule has 3 rings (SSSR count). The molecule has 0 atom stereocenters. The number of anilines is 1. The number of sulfonamides is 1. The molecule has 2 aromatic rings. The second-order valence-electron chi connectivity index (χ2n) is 6.35. The van der Waals surface area contributed by atoms with Crippen LogP contribution in [0.15, 0.2) is 53.5 Å². The Morgan fingerprint density at radius 3 is 2.59 bits per heavy atom. The maximum atomic E-state index is 12.0. The van der Waals surface area contributed by atoms with Crippen molar-refractivity contribution in [3.63, 3.8) is 0 Å². The summed E-state index contributed by atoms with van der Waals surface area (Å²) in [6.45, 7) is 0.379. The van der Waals surface area contributed by atoms with E-state index in [1.807, 2.05) is 36.4 Å². The molecule has 0 saturated carbocycles. The van der Waals surface area contributed by atoms with Crippen LogP contribution in [0.2, 0.25) is 0 Å². The molecule has 0 aromatic heterocycles. The third-order valence-corrected chi connectivity index (χ3v) is 5.66. The molecule has 146 valence electrons. The summed E-state index contributed by atoms with van der Waals surface area (Å²) in [4.78, 5) is 4.12. The Hall–Kier alpha value is -1.65. The molecule has 0 bridgehead atoms. The van der Waals surface area contributed by atoms with Crippen LogP contribution in [0.5, 0.6) is 0 Å². The van der Waals surface area contributed by atoms with E-state index in [9.17, 15) is 8.42 Å². The Kier molecular flexibility index (Phi) is 8.06. The minimum absolute atomic E-state index is 0. The van der Waals surface area contributed by atoms with E-state index in [-0.39, 0.29) is 48.8 Å². The van der Waals surface area contributed by atoms with E-state index < -0.39 is 10.0 Å². The summed E-state index contributed by atoms with van der Waals surface area (Å²) >= 11 is 0. The zero-order valence-corrected chi connectivity index (χ0v) is 18.2. The van der Waals surface area contributed by atoms with Crippen molar-refractivity contribution in [3.05, 3.63) is 65.2 Å². The first-order valence-corrected chi connectivity index (χ1v) is 10.4. The lowest BCUT2D eigenvalue weighted by Crippen LogP contribution is -2.28. The zero-order valence-electron chi connectivity index (χ0n) is 15.0. The first kappa shape index (κ1) is 21.6. The molecule has 6 nitrogen and oxygen atoms in total. The minimum Gasteiger partial charge on any atom is -0.370 e. The van der Waals surface area contributed by atoms with Gasteiger partial charge in [-0.2, -0.15) is 0 Å². The Morgan fingerprint density at radius 1 is 1.07 bits per heavy atom. The summed E-state index contributed by atoms with van der Waals surface area (Å²) < 4.78 is 26.6. The third kappa shape index (κ3) is 6.78. The third-order valence-electron chi connectivity index (χ3n) is 4.35. The fourth-order valence-corrected chi connectivity index (χ4v) is 3.85. The molecule has 0 fully saturated rings. The first-order valence-electron chi connectivity index (χ1n) is 8.72. The summed E-state index contributed by atoms with van der Waals surface area (Å²) in [6, 6.07) is 15.6. The van der Waals surface area contributed by atoms with E-state index >= 15 is 0 Å². The average molecular weight is 500 g/mol. The van der Waals surface area contributed by atoms with Gasteiger partial charge in [0.2, 0.25) is 10.0 Å². The number of nitrogens with zero attached hydrogens (tertiary/aromatic N) is 1. The fourth-order valence-electron chi connectivity index (χ4n) is 2.98. The van der Waals surface area contributed by atoms with Crippen LogP contribution in [-0.2, 0) is 29.4 Å². The molecule has 0 radical (unpaired) electrons. The predicted octanol–water partition coefficient (Wildman–Crippen LogP) is 2.64. The number of hydrogen-bond acceptors (Lipinski definition) is 3. The zero-order chi connectivity index (χ0) is 18.4. The number of halogens is 1. The van der Waals surface area contributed by atoms with Gasteiger partial charge in [-0.25, -0.2) is 13.1 Å². The highest BCUT2D eigenvalue weighted by Crippen LogP contribution is 2.24. The summed E-state index contributed by atoms with van der Waals surface area (Å²) in [5.74, 6) is 0.119. The lowest BCUT2D eigenvalue weighted by Gasteiger charge is -2.08. The van der Waals surface area contributed by atoms with Crippen molar-refractivity contribution in [3.8, 4) is 0 Å². The lowest BCUT2D eigenvalue weighted by molar-refractivity contribution is 0.581. The van der Waals surface area contributed by atoms with Gasteiger partial charge in [0.05, 0.1) is 12.3 Å². The van der Waals surface area contributed by atoms with E-state index in [1.165, 1.54) is 17.5 Å². The van der Waals surface area contributed by atoms with Crippen LogP contribution in [0.1, 0.15) is 23.1 Å².